The van der Waals surface area contributed by atoms with Gasteiger partial charge in [-0.15, -0.1) is 5.11 Å². The molecule has 1 aromatic heterocycles. The topological polar surface area (TPSA) is 79.5 Å². The first-order chi connectivity index (χ1) is 12.7. The van der Waals surface area contributed by atoms with Crippen LogP contribution in [0.1, 0.15) is 11.1 Å². The van der Waals surface area contributed by atoms with E-state index in [1.165, 1.54) is 0 Å². The van der Waals surface area contributed by atoms with Crippen LogP contribution in [0.4, 0.5) is 0 Å². The molecule has 0 radical (unpaired) electrons. The molecule has 0 fully saturated rings. The summed E-state index contributed by atoms with van der Waals surface area (Å²) in [4.78, 5) is 0. The van der Waals surface area contributed by atoms with Crippen LogP contribution in [0.25, 0.3) is 21.8 Å². The van der Waals surface area contributed by atoms with Crippen molar-refractivity contribution in [2.75, 3.05) is 0 Å². The van der Waals surface area contributed by atoms with Gasteiger partial charge in [0.25, 0.3) is 0 Å². The molecule has 0 saturated carbocycles. The molecular formula is C20H16ClN5. The van der Waals surface area contributed by atoms with Crippen LogP contribution < -0.4 is 5.84 Å². The molecule has 0 spiro atoms. The summed E-state index contributed by atoms with van der Waals surface area (Å²) in [5.74, 6) is 5.11. The Morgan fingerprint density at radius 2 is 1.69 bits per heavy atom. The van der Waals surface area contributed by atoms with E-state index in [-0.39, 0.29) is 5.84 Å². The van der Waals surface area contributed by atoms with Crippen LogP contribution in [0.2, 0.25) is 5.02 Å². The lowest BCUT2D eigenvalue weighted by Gasteiger charge is -2.09. The number of halogens is 1. The zero-order valence-electron chi connectivity index (χ0n) is 13.9. The molecule has 26 heavy (non-hydrogen) atoms. The summed E-state index contributed by atoms with van der Waals surface area (Å²) in [6.07, 6.45) is 0. The number of fused-ring (bicyclic) bond motifs is 3. The molecule has 0 saturated heterocycles. The summed E-state index contributed by atoms with van der Waals surface area (Å²) in [6.45, 7) is 0.670. The summed E-state index contributed by atoms with van der Waals surface area (Å²) < 4.78 is 2.24. The van der Waals surface area contributed by atoms with Gasteiger partial charge in [0, 0.05) is 38.9 Å². The van der Waals surface area contributed by atoms with Gasteiger partial charge in [-0.05, 0) is 35.9 Å². The number of para-hydroxylation sites is 1. The molecule has 4 rings (SSSR count). The van der Waals surface area contributed by atoms with Crippen molar-refractivity contribution >= 4 is 39.2 Å². The van der Waals surface area contributed by atoms with Gasteiger partial charge >= 0.3 is 0 Å². The standard InChI is InChI=1S/C20H16ClN5/c21-17-7-3-1-5-14(17)12-26-18-8-4-2-6-15(18)16-11-13(9-10-19(16)26)20(22)24-25-23/h1-11H,12H2,(H3,22,23,24). The van der Waals surface area contributed by atoms with Crippen molar-refractivity contribution in [1.82, 2.24) is 4.57 Å². The van der Waals surface area contributed by atoms with Crippen LogP contribution >= 0.6 is 11.6 Å². The number of aromatic nitrogens is 1. The lowest BCUT2D eigenvalue weighted by molar-refractivity contribution is 0.869. The summed E-state index contributed by atoms with van der Waals surface area (Å²) >= 11 is 6.37. The van der Waals surface area contributed by atoms with Crippen LogP contribution in [0.5, 0.6) is 0 Å². The Bertz CT molecular complexity index is 1160. The number of nitrogens with two attached hydrogens (primary N) is 1. The van der Waals surface area contributed by atoms with Gasteiger partial charge in [-0.1, -0.05) is 53.2 Å². The number of hydrogen-bond acceptors (Lipinski definition) is 2. The van der Waals surface area contributed by atoms with Crippen LogP contribution in [0.15, 0.2) is 77.1 Å². The van der Waals surface area contributed by atoms with Gasteiger partial charge in [-0.3, -0.25) is 5.41 Å². The van der Waals surface area contributed by atoms with Gasteiger partial charge in [0.05, 0.1) is 0 Å². The van der Waals surface area contributed by atoms with E-state index >= 15 is 0 Å². The van der Waals surface area contributed by atoms with Crippen molar-refractivity contribution in [1.29, 1.82) is 5.41 Å². The maximum Gasteiger partial charge on any atom is 0.176 e. The fraction of sp³-hybridized carbons (Fsp3) is 0.0500. The molecule has 0 amide bonds. The third-order valence-electron chi connectivity index (χ3n) is 4.49. The zero-order chi connectivity index (χ0) is 18.1. The van der Waals surface area contributed by atoms with Gasteiger partial charge in [-0.2, -0.15) is 0 Å². The highest BCUT2D eigenvalue weighted by atomic mass is 35.5. The summed E-state index contributed by atoms with van der Waals surface area (Å²) in [6, 6.07) is 21.9. The van der Waals surface area contributed by atoms with E-state index in [1.807, 2.05) is 54.6 Å². The number of rotatable bonds is 3. The first-order valence-electron chi connectivity index (χ1n) is 8.13. The summed E-state index contributed by atoms with van der Waals surface area (Å²) in [5.41, 5.74) is 3.93. The summed E-state index contributed by atoms with van der Waals surface area (Å²) in [7, 11) is 0. The molecule has 0 aliphatic carbocycles. The van der Waals surface area contributed by atoms with Crippen molar-refractivity contribution in [2.45, 2.75) is 6.54 Å². The molecule has 6 heteroatoms. The molecule has 0 atom stereocenters. The fourth-order valence-corrected chi connectivity index (χ4v) is 3.48. The minimum atomic E-state index is 0.0392. The second-order valence-electron chi connectivity index (χ2n) is 5.99. The van der Waals surface area contributed by atoms with Gasteiger partial charge < -0.3 is 10.4 Å². The number of nitrogens with zero attached hydrogens (tertiary/aromatic N) is 3. The normalized spacial score (nSPS) is 11.6. The highest BCUT2D eigenvalue weighted by Gasteiger charge is 2.13. The Morgan fingerprint density at radius 3 is 2.50 bits per heavy atom. The maximum atomic E-state index is 7.96. The van der Waals surface area contributed by atoms with Crippen molar-refractivity contribution in [3.05, 3.63) is 82.9 Å². The zero-order valence-corrected chi connectivity index (χ0v) is 14.6. The van der Waals surface area contributed by atoms with Crippen molar-refractivity contribution in [3.63, 3.8) is 0 Å². The SMILES string of the molecule is N=C(N=NN)c1ccc2c(c1)c1ccccc1n2Cc1ccccc1Cl. The highest BCUT2D eigenvalue weighted by Crippen LogP contribution is 2.31. The second-order valence-corrected chi connectivity index (χ2v) is 6.40. The monoisotopic (exact) mass is 361 g/mol. The summed E-state index contributed by atoms with van der Waals surface area (Å²) in [5, 5.41) is 17.7. The Labute approximate surface area is 155 Å². The Hall–Kier alpha value is -3.18. The van der Waals surface area contributed by atoms with Gasteiger partial charge in [0.1, 0.15) is 0 Å². The number of amidine groups is 1. The second kappa shape index (κ2) is 6.61. The molecule has 1 heterocycles. The van der Waals surface area contributed by atoms with E-state index in [1.54, 1.807) is 0 Å². The molecule has 3 aromatic carbocycles. The van der Waals surface area contributed by atoms with E-state index in [9.17, 15) is 0 Å². The number of hydrogen-bond donors (Lipinski definition) is 2. The number of nitrogens with one attached hydrogen (secondary N) is 1. The van der Waals surface area contributed by atoms with Crippen LogP contribution in [0.3, 0.4) is 0 Å². The van der Waals surface area contributed by atoms with Crippen LogP contribution in [-0.2, 0) is 6.54 Å². The minimum absolute atomic E-state index is 0.0392. The Kier molecular flexibility index (Phi) is 4.14. The largest absolute Gasteiger partial charge is 0.336 e. The van der Waals surface area contributed by atoms with E-state index < -0.39 is 0 Å². The van der Waals surface area contributed by atoms with Crippen LogP contribution in [-0.4, -0.2) is 10.4 Å². The van der Waals surface area contributed by atoms with Crippen molar-refractivity contribution in [3.8, 4) is 0 Å². The van der Waals surface area contributed by atoms with E-state index in [4.69, 9.17) is 22.9 Å². The quantitative estimate of drug-likeness (QED) is 0.171. The molecule has 5 nitrogen and oxygen atoms in total. The van der Waals surface area contributed by atoms with E-state index in [2.05, 4.69) is 27.0 Å². The minimum Gasteiger partial charge on any atom is -0.336 e. The van der Waals surface area contributed by atoms with Crippen molar-refractivity contribution < 1.29 is 0 Å². The third-order valence-corrected chi connectivity index (χ3v) is 4.86. The van der Waals surface area contributed by atoms with E-state index in [0.717, 1.165) is 32.4 Å². The first kappa shape index (κ1) is 16.3. The molecule has 128 valence electrons. The molecule has 0 bridgehead atoms. The smallest absolute Gasteiger partial charge is 0.176 e. The van der Waals surface area contributed by atoms with Gasteiger partial charge in [0.2, 0.25) is 0 Å². The Balaban J connectivity index is 1.94. The molecule has 4 aromatic rings. The predicted octanol–water partition coefficient (Wildman–Crippen LogP) is 5.15. The van der Waals surface area contributed by atoms with E-state index in [0.29, 0.717) is 12.1 Å². The lowest BCUT2D eigenvalue weighted by atomic mass is 10.1. The van der Waals surface area contributed by atoms with Crippen LogP contribution in [0, 0.1) is 5.41 Å². The average Bonchev–Trinajstić information content (AvgIpc) is 2.97. The third kappa shape index (κ3) is 2.72. The fourth-order valence-electron chi connectivity index (χ4n) is 3.28. The highest BCUT2D eigenvalue weighted by molar-refractivity contribution is 6.31. The Morgan fingerprint density at radius 1 is 0.962 bits per heavy atom. The first-order valence-corrected chi connectivity index (χ1v) is 8.51. The molecule has 0 aliphatic rings. The van der Waals surface area contributed by atoms with Crippen molar-refractivity contribution in [2.24, 2.45) is 16.2 Å². The van der Waals surface area contributed by atoms with Gasteiger partial charge in [0.15, 0.2) is 5.84 Å². The predicted molar refractivity (Wildman–Crippen MR) is 106 cm³/mol. The van der Waals surface area contributed by atoms with Gasteiger partial charge in [-0.25, -0.2) is 0 Å². The lowest BCUT2D eigenvalue weighted by Crippen LogP contribution is -2.00. The molecule has 0 unspecified atom stereocenters. The maximum absolute atomic E-state index is 7.96. The number of benzene rings is 3. The molecular weight excluding hydrogens is 346 g/mol. The molecule has 3 N–H and O–H groups in total. The average molecular weight is 362 g/mol. The molecule has 0 aliphatic heterocycles.